The number of nitrogen functional groups attached to an aromatic ring is 1. The fourth-order valence-electron chi connectivity index (χ4n) is 3.37. The summed E-state index contributed by atoms with van der Waals surface area (Å²) in [7, 11) is 0. The minimum Gasteiger partial charge on any atom is -0.399 e. The van der Waals surface area contributed by atoms with Crippen molar-refractivity contribution >= 4 is 11.6 Å². The fourth-order valence-corrected chi connectivity index (χ4v) is 3.37. The lowest BCUT2D eigenvalue weighted by Gasteiger charge is -2.37. The summed E-state index contributed by atoms with van der Waals surface area (Å²) in [6.07, 6.45) is 5.51. The summed E-state index contributed by atoms with van der Waals surface area (Å²) < 4.78 is 0. The first kappa shape index (κ1) is 16.9. The van der Waals surface area contributed by atoms with E-state index in [1.54, 1.807) is 0 Å². The van der Waals surface area contributed by atoms with Crippen molar-refractivity contribution in [2.45, 2.75) is 52.9 Å². The van der Waals surface area contributed by atoms with Crippen molar-refractivity contribution in [3.63, 3.8) is 0 Å². The number of hydrogen-bond donors (Lipinski definition) is 2. The van der Waals surface area contributed by atoms with Gasteiger partial charge in [0, 0.05) is 12.2 Å². The van der Waals surface area contributed by atoms with Crippen LogP contribution in [0.1, 0.15) is 52.0 Å². The quantitative estimate of drug-likeness (QED) is 0.832. The van der Waals surface area contributed by atoms with Crippen LogP contribution in [0, 0.1) is 17.3 Å². The smallest absolute Gasteiger partial charge is 0.224 e. The van der Waals surface area contributed by atoms with Crippen LogP contribution >= 0.6 is 0 Å². The molecule has 0 heterocycles. The molecule has 0 spiro atoms. The highest BCUT2D eigenvalue weighted by atomic mass is 16.1. The van der Waals surface area contributed by atoms with E-state index in [1.165, 1.54) is 25.7 Å². The lowest BCUT2D eigenvalue weighted by Crippen LogP contribution is -2.34. The average Bonchev–Trinajstić information content (AvgIpc) is 2.47. The van der Waals surface area contributed by atoms with Crippen molar-refractivity contribution in [3.05, 3.63) is 29.8 Å². The van der Waals surface area contributed by atoms with Crippen LogP contribution in [0.15, 0.2) is 24.3 Å². The molecular weight excluding hydrogens is 272 g/mol. The lowest BCUT2D eigenvalue weighted by atomic mass is 9.70. The highest BCUT2D eigenvalue weighted by Gasteiger charge is 2.29. The van der Waals surface area contributed by atoms with E-state index in [-0.39, 0.29) is 5.91 Å². The summed E-state index contributed by atoms with van der Waals surface area (Å²) in [4.78, 5) is 12.0. The molecule has 3 N–H and O–H groups in total. The Morgan fingerprint density at radius 3 is 2.27 bits per heavy atom. The molecule has 0 aliphatic heterocycles. The topological polar surface area (TPSA) is 55.1 Å². The fraction of sp³-hybridized carbons (Fsp3) is 0.632. The van der Waals surface area contributed by atoms with Crippen LogP contribution in [0.3, 0.4) is 0 Å². The van der Waals surface area contributed by atoms with Gasteiger partial charge < -0.3 is 11.1 Å². The van der Waals surface area contributed by atoms with Crippen molar-refractivity contribution in [2.75, 3.05) is 12.3 Å². The molecule has 3 nitrogen and oxygen atoms in total. The molecule has 0 unspecified atom stereocenters. The van der Waals surface area contributed by atoms with E-state index in [9.17, 15) is 4.79 Å². The minimum absolute atomic E-state index is 0.114. The van der Waals surface area contributed by atoms with Crippen LogP contribution in [0.4, 0.5) is 5.69 Å². The Morgan fingerprint density at radius 2 is 1.73 bits per heavy atom. The summed E-state index contributed by atoms with van der Waals surface area (Å²) >= 11 is 0. The molecule has 1 fully saturated rings. The molecule has 2 rings (SSSR count). The molecule has 0 aromatic heterocycles. The predicted molar refractivity (Wildman–Crippen MR) is 92.5 cm³/mol. The molecule has 0 atom stereocenters. The minimum atomic E-state index is 0.114. The first-order valence-electron chi connectivity index (χ1n) is 8.45. The largest absolute Gasteiger partial charge is 0.399 e. The highest BCUT2D eigenvalue weighted by molar-refractivity contribution is 5.78. The van der Waals surface area contributed by atoms with Gasteiger partial charge in [0.1, 0.15) is 0 Å². The van der Waals surface area contributed by atoms with Crippen molar-refractivity contribution in [1.29, 1.82) is 0 Å². The second-order valence-corrected chi connectivity index (χ2v) is 7.81. The van der Waals surface area contributed by atoms with Crippen molar-refractivity contribution in [2.24, 2.45) is 17.3 Å². The zero-order valence-corrected chi connectivity index (χ0v) is 14.2. The Kier molecular flexibility index (Phi) is 5.49. The van der Waals surface area contributed by atoms with E-state index in [1.807, 2.05) is 24.3 Å². The number of nitrogens with two attached hydrogens (primary N) is 1. The van der Waals surface area contributed by atoms with Crippen LogP contribution in [0.2, 0.25) is 0 Å². The maximum Gasteiger partial charge on any atom is 0.224 e. The number of carbonyl (C=O) groups excluding carboxylic acids is 1. The first-order chi connectivity index (χ1) is 10.3. The SMILES string of the molecule is CC(C)(C)C1CCC(CNC(=O)Cc2ccc(N)cc2)CC1. The van der Waals surface area contributed by atoms with Crippen LogP contribution in [0.25, 0.3) is 0 Å². The normalized spacial score (nSPS) is 22.3. The Morgan fingerprint density at radius 1 is 1.14 bits per heavy atom. The molecule has 0 bridgehead atoms. The number of amides is 1. The van der Waals surface area contributed by atoms with Crippen LogP contribution in [-0.2, 0) is 11.2 Å². The monoisotopic (exact) mass is 302 g/mol. The summed E-state index contributed by atoms with van der Waals surface area (Å²) in [5.41, 5.74) is 7.83. The Hall–Kier alpha value is -1.51. The first-order valence-corrected chi connectivity index (χ1v) is 8.45. The van der Waals surface area contributed by atoms with Gasteiger partial charge in [-0.1, -0.05) is 32.9 Å². The van der Waals surface area contributed by atoms with Gasteiger partial charge in [-0.3, -0.25) is 4.79 Å². The molecule has 1 aliphatic carbocycles. The van der Waals surface area contributed by atoms with Gasteiger partial charge in [0.2, 0.25) is 5.91 Å². The summed E-state index contributed by atoms with van der Waals surface area (Å²) in [5, 5.41) is 3.10. The Labute approximate surface area is 134 Å². The molecular formula is C19H30N2O. The molecule has 1 aromatic carbocycles. The average molecular weight is 302 g/mol. The summed E-state index contributed by atoms with van der Waals surface area (Å²) in [6, 6.07) is 7.53. The van der Waals surface area contributed by atoms with E-state index >= 15 is 0 Å². The van der Waals surface area contributed by atoms with Crippen LogP contribution in [0.5, 0.6) is 0 Å². The number of benzene rings is 1. The Balaban J connectivity index is 1.70. The van der Waals surface area contributed by atoms with Crippen LogP contribution < -0.4 is 11.1 Å². The number of hydrogen-bond acceptors (Lipinski definition) is 2. The molecule has 122 valence electrons. The Bertz CT molecular complexity index is 479. The summed E-state index contributed by atoms with van der Waals surface area (Å²) in [5.74, 6) is 1.59. The zero-order chi connectivity index (χ0) is 16.2. The van der Waals surface area contributed by atoms with Gasteiger partial charge in [0.05, 0.1) is 6.42 Å². The van der Waals surface area contributed by atoms with Crippen LogP contribution in [-0.4, -0.2) is 12.5 Å². The van der Waals surface area contributed by atoms with E-state index in [2.05, 4.69) is 26.1 Å². The molecule has 1 aromatic rings. The molecule has 3 heteroatoms. The molecule has 22 heavy (non-hydrogen) atoms. The van der Waals surface area contributed by atoms with Crippen molar-refractivity contribution in [1.82, 2.24) is 5.32 Å². The second kappa shape index (κ2) is 7.17. The van der Waals surface area contributed by atoms with E-state index in [4.69, 9.17) is 5.73 Å². The van der Waals surface area contributed by atoms with Gasteiger partial charge in [-0.15, -0.1) is 0 Å². The van der Waals surface area contributed by atoms with E-state index in [0.717, 1.165) is 23.7 Å². The number of rotatable bonds is 4. The zero-order valence-electron chi connectivity index (χ0n) is 14.2. The van der Waals surface area contributed by atoms with Gasteiger partial charge in [0.25, 0.3) is 0 Å². The standard InChI is InChI=1S/C19H30N2O/c1-19(2,3)16-8-4-15(5-9-16)13-21-18(22)12-14-6-10-17(20)11-7-14/h6-7,10-11,15-16H,4-5,8-9,12-13,20H2,1-3H3,(H,21,22). The predicted octanol–water partition coefficient (Wildman–Crippen LogP) is 3.78. The third-order valence-electron chi connectivity index (χ3n) is 5.00. The molecule has 0 radical (unpaired) electrons. The van der Waals surface area contributed by atoms with Gasteiger partial charge in [-0.25, -0.2) is 0 Å². The maximum atomic E-state index is 12.0. The number of nitrogens with one attached hydrogen (secondary N) is 1. The van der Waals surface area contributed by atoms with Gasteiger partial charge in [-0.2, -0.15) is 0 Å². The third-order valence-corrected chi connectivity index (χ3v) is 5.00. The van der Waals surface area contributed by atoms with Crippen molar-refractivity contribution < 1.29 is 4.79 Å². The van der Waals surface area contributed by atoms with Crippen molar-refractivity contribution in [3.8, 4) is 0 Å². The van der Waals surface area contributed by atoms with E-state index in [0.29, 0.717) is 17.8 Å². The maximum absolute atomic E-state index is 12.0. The molecule has 0 saturated heterocycles. The van der Waals surface area contributed by atoms with E-state index < -0.39 is 0 Å². The summed E-state index contributed by atoms with van der Waals surface area (Å²) in [6.45, 7) is 7.84. The second-order valence-electron chi connectivity index (χ2n) is 7.81. The van der Waals surface area contributed by atoms with Gasteiger partial charge in [-0.05, 0) is 60.6 Å². The molecule has 1 aliphatic rings. The van der Waals surface area contributed by atoms with Gasteiger partial charge in [0.15, 0.2) is 0 Å². The third kappa shape index (κ3) is 5.04. The highest BCUT2D eigenvalue weighted by Crippen LogP contribution is 2.39. The number of anilines is 1. The lowest BCUT2D eigenvalue weighted by molar-refractivity contribution is -0.120. The van der Waals surface area contributed by atoms with Gasteiger partial charge >= 0.3 is 0 Å². The molecule has 1 saturated carbocycles. The molecule has 1 amide bonds. The number of carbonyl (C=O) groups is 1.